The van der Waals surface area contributed by atoms with Crippen LogP contribution in [0.1, 0.15) is 226 Å². The number of allylic oxidation sites excluding steroid dienone is 20. The minimum atomic E-state index is -0.577. The highest BCUT2D eigenvalue weighted by atomic mass is 16.6. The zero-order valence-corrected chi connectivity index (χ0v) is 42.9. The van der Waals surface area contributed by atoms with Gasteiger partial charge in [-0.25, -0.2) is 0 Å². The predicted octanol–water partition coefficient (Wildman–Crippen LogP) is 18.6. The molecule has 0 aliphatic rings. The molecule has 0 rings (SSSR count). The van der Waals surface area contributed by atoms with E-state index >= 15 is 0 Å². The zero-order chi connectivity index (χ0) is 47.7. The van der Waals surface area contributed by atoms with Crippen LogP contribution in [0.2, 0.25) is 0 Å². The Bertz CT molecular complexity index is 1350. The molecule has 1 unspecified atom stereocenters. The lowest BCUT2D eigenvalue weighted by molar-refractivity contribution is -0.163. The van der Waals surface area contributed by atoms with Crippen LogP contribution in [0.3, 0.4) is 0 Å². The number of esters is 2. The summed E-state index contributed by atoms with van der Waals surface area (Å²) >= 11 is 0. The molecule has 0 aromatic heterocycles. The molecule has 0 aromatic carbocycles. The van der Waals surface area contributed by atoms with Crippen LogP contribution in [0.25, 0.3) is 0 Å². The minimum Gasteiger partial charge on any atom is -0.462 e. The molecule has 66 heavy (non-hydrogen) atoms. The molecule has 0 bridgehead atoms. The summed E-state index contributed by atoms with van der Waals surface area (Å²) in [5.41, 5.74) is 0. The van der Waals surface area contributed by atoms with E-state index in [9.17, 15) is 9.59 Å². The highest BCUT2D eigenvalue weighted by Crippen LogP contribution is 2.13. The normalized spacial score (nSPS) is 13.2. The number of hydrogen-bond donors (Lipinski definition) is 0. The van der Waals surface area contributed by atoms with Gasteiger partial charge in [-0.1, -0.05) is 206 Å². The topological polar surface area (TPSA) is 61.8 Å². The molecule has 0 radical (unpaired) electrons. The fraction of sp³-hybridized carbons (Fsp3) is 0.639. The SMILES string of the molecule is CC/C=C\C/C=C\C/C=C\C/C=C\C/C=C\CCCCOCC(COC(=O)CCCCCCCC/C=C\C/C=C\C/C=C\C/C=C\CC)OC(=O)CCCCCCC/C=C\CCCCCC. The highest BCUT2D eigenvalue weighted by Gasteiger charge is 2.17. The first-order valence-corrected chi connectivity index (χ1v) is 27.1. The Morgan fingerprint density at radius 2 is 0.682 bits per heavy atom. The summed E-state index contributed by atoms with van der Waals surface area (Å²) in [7, 11) is 0. The van der Waals surface area contributed by atoms with Gasteiger partial charge in [0.05, 0.1) is 6.61 Å². The van der Waals surface area contributed by atoms with Crippen LogP contribution in [0.4, 0.5) is 0 Å². The average molecular weight is 913 g/mol. The van der Waals surface area contributed by atoms with Crippen LogP contribution in [0, 0.1) is 0 Å². The van der Waals surface area contributed by atoms with Gasteiger partial charge in [-0.2, -0.15) is 0 Å². The third-order valence-electron chi connectivity index (χ3n) is 11.0. The van der Waals surface area contributed by atoms with Crippen LogP contribution < -0.4 is 0 Å². The Hall–Kier alpha value is -3.70. The molecule has 5 heteroatoms. The van der Waals surface area contributed by atoms with Gasteiger partial charge in [-0.15, -0.1) is 0 Å². The quantitative estimate of drug-likeness (QED) is 0.0346. The number of ether oxygens (including phenoxy) is 3. The van der Waals surface area contributed by atoms with Crippen molar-refractivity contribution in [2.45, 2.75) is 232 Å². The van der Waals surface area contributed by atoms with Crippen LogP contribution in [0.15, 0.2) is 122 Å². The van der Waals surface area contributed by atoms with Crippen LogP contribution in [0.5, 0.6) is 0 Å². The number of carbonyl (C=O) groups excluding carboxylic acids is 2. The van der Waals surface area contributed by atoms with Gasteiger partial charge in [0.1, 0.15) is 6.61 Å². The van der Waals surface area contributed by atoms with E-state index in [4.69, 9.17) is 14.2 Å². The largest absolute Gasteiger partial charge is 0.462 e. The first kappa shape index (κ1) is 62.3. The van der Waals surface area contributed by atoms with Gasteiger partial charge in [0, 0.05) is 19.4 Å². The van der Waals surface area contributed by atoms with Gasteiger partial charge in [0.25, 0.3) is 0 Å². The molecule has 5 nitrogen and oxygen atoms in total. The molecule has 0 saturated heterocycles. The summed E-state index contributed by atoms with van der Waals surface area (Å²) < 4.78 is 17.4. The maximum Gasteiger partial charge on any atom is 0.306 e. The van der Waals surface area contributed by atoms with Crippen molar-refractivity contribution in [3.63, 3.8) is 0 Å². The van der Waals surface area contributed by atoms with Gasteiger partial charge in [-0.05, 0) is 128 Å². The summed E-state index contributed by atoms with van der Waals surface area (Å²) in [6, 6.07) is 0. The Morgan fingerprint density at radius 1 is 0.348 bits per heavy atom. The summed E-state index contributed by atoms with van der Waals surface area (Å²) in [6.45, 7) is 7.45. The summed E-state index contributed by atoms with van der Waals surface area (Å²) in [4.78, 5) is 25.5. The molecule has 0 aliphatic carbocycles. The molecule has 1 atom stereocenters. The van der Waals surface area contributed by atoms with Crippen molar-refractivity contribution in [2.75, 3.05) is 19.8 Å². The lowest BCUT2D eigenvalue weighted by atomic mass is 10.1. The Kier molecular flexibility index (Phi) is 52.5. The van der Waals surface area contributed by atoms with E-state index < -0.39 is 6.10 Å². The van der Waals surface area contributed by atoms with Crippen molar-refractivity contribution >= 4 is 11.9 Å². The van der Waals surface area contributed by atoms with E-state index in [1.807, 2.05) is 0 Å². The maximum atomic E-state index is 12.8. The predicted molar refractivity (Wildman–Crippen MR) is 288 cm³/mol. The maximum absolute atomic E-state index is 12.8. The number of hydrogen-bond acceptors (Lipinski definition) is 5. The number of carbonyl (C=O) groups is 2. The van der Waals surface area contributed by atoms with Gasteiger partial charge in [0.2, 0.25) is 0 Å². The van der Waals surface area contributed by atoms with Crippen molar-refractivity contribution < 1.29 is 23.8 Å². The molecule has 0 N–H and O–H groups in total. The lowest BCUT2D eigenvalue weighted by Gasteiger charge is -2.18. The lowest BCUT2D eigenvalue weighted by Crippen LogP contribution is -2.30. The van der Waals surface area contributed by atoms with Gasteiger partial charge < -0.3 is 14.2 Å². The van der Waals surface area contributed by atoms with Crippen LogP contribution >= 0.6 is 0 Å². The highest BCUT2D eigenvalue weighted by molar-refractivity contribution is 5.70. The first-order valence-electron chi connectivity index (χ1n) is 27.1. The standard InChI is InChI=1S/C61H100O5/c1-4-7-10-13-16-19-22-25-27-29-31-32-34-37-39-42-45-48-51-54-60(62)65-58-59(66-61(63)55-52-49-46-43-40-36-24-21-18-15-12-9-6-3)57-64-56-53-50-47-44-41-38-35-33-30-28-26-23-20-17-14-11-8-5-2/h7-8,10-11,16-17,19-21,24-28,31-33,35,41,44,59H,4-6,9,12-15,18,22-23,29-30,34,36-40,42-43,45-58H2,1-3H3/b10-7-,11-8-,19-16-,20-17-,24-21-,27-25-,28-26-,32-31-,35-33-,44-41-. The molecular formula is C61H100O5. The van der Waals surface area contributed by atoms with E-state index in [-0.39, 0.29) is 25.2 Å². The molecule has 374 valence electrons. The first-order chi connectivity index (χ1) is 32.6. The Morgan fingerprint density at radius 3 is 1.11 bits per heavy atom. The van der Waals surface area contributed by atoms with E-state index in [1.165, 1.54) is 64.2 Å². The van der Waals surface area contributed by atoms with E-state index in [1.54, 1.807) is 0 Å². The van der Waals surface area contributed by atoms with Crippen molar-refractivity contribution in [2.24, 2.45) is 0 Å². The van der Waals surface area contributed by atoms with Crippen molar-refractivity contribution in [1.82, 2.24) is 0 Å². The fourth-order valence-electron chi connectivity index (χ4n) is 6.99. The van der Waals surface area contributed by atoms with Crippen LogP contribution in [-0.4, -0.2) is 37.9 Å². The molecule has 0 aliphatic heterocycles. The third kappa shape index (κ3) is 52.9. The molecule has 0 saturated carbocycles. The second-order valence-electron chi connectivity index (χ2n) is 17.4. The molecule has 0 heterocycles. The Labute approximate surface area is 407 Å². The van der Waals surface area contributed by atoms with Crippen molar-refractivity contribution in [3.05, 3.63) is 122 Å². The van der Waals surface area contributed by atoms with E-state index in [0.29, 0.717) is 19.4 Å². The van der Waals surface area contributed by atoms with Gasteiger partial charge in [0.15, 0.2) is 6.10 Å². The fourth-order valence-corrected chi connectivity index (χ4v) is 6.99. The molecular weight excluding hydrogens is 813 g/mol. The third-order valence-corrected chi connectivity index (χ3v) is 11.0. The second kappa shape index (κ2) is 55.6. The monoisotopic (exact) mass is 913 g/mol. The minimum absolute atomic E-state index is 0.0496. The number of unbranched alkanes of at least 4 members (excludes halogenated alkanes) is 17. The zero-order valence-electron chi connectivity index (χ0n) is 42.9. The molecule has 0 amide bonds. The van der Waals surface area contributed by atoms with Crippen molar-refractivity contribution in [1.29, 1.82) is 0 Å². The second-order valence-corrected chi connectivity index (χ2v) is 17.4. The van der Waals surface area contributed by atoms with Gasteiger partial charge in [-0.3, -0.25) is 9.59 Å². The Balaban J connectivity index is 4.40. The van der Waals surface area contributed by atoms with Crippen LogP contribution in [-0.2, 0) is 23.8 Å². The molecule has 0 spiro atoms. The molecule has 0 aromatic rings. The summed E-state index contributed by atoms with van der Waals surface area (Å²) in [6.07, 6.45) is 77.8. The van der Waals surface area contributed by atoms with E-state index in [2.05, 4.69) is 142 Å². The average Bonchev–Trinajstić information content (AvgIpc) is 3.32. The van der Waals surface area contributed by atoms with Gasteiger partial charge >= 0.3 is 11.9 Å². The summed E-state index contributed by atoms with van der Waals surface area (Å²) in [5.74, 6) is -0.454. The van der Waals surface area contributed by atoms with Crippen molar-refractivity contribution in [3.8, 4) is 0 Å². The molecule has 0 fully saturated rings. The smallest absolute Gasteiger partial charge is 0.306 e. The number of rotatable bonds is 48. The summed E-state index contributed by atoms with van der Waals surface area (Å²) in [5, 5.41) is 0. The van der Waals surface area contributed by atoms with E-state index in [0.717, 1.165) is 128 Å².